The zero-order valence-electron chi connectivity index (χ0n) is 9.62. The number of ether oxygens (including phenoxy) is 3. The van der Waals surface area contributed by atoms with E-state index in [4.69, 9.17) is 19.9 Å². The van der Waals surface area contributed by atoms with Crippen LogP contribution < -0.4 is 19.9 Å². The second-order valence-corrected chi connectivity index (χ2v) is 3.21. The highest BCUT2D eigenvalue weighted by Crippen LogP contribution is 2.37. The van der Waals surface area contributed by atoms with Crippen LogP contribution in [-0.4, -0.2) is 28.0 Å². The second-order valence-electron chi connectivity index (χ2n) is 3.21. The first-order chi connectivity index (χ1) is 7.67. The highest BCUT2D eigenvalue weighted by molar-refractivity contribution is 5.52. The number of hydrogen-bond donors (Lipinski definition) is 1. The molecule has 0 radical (unpaired) electrons. The van der Waals surface area contributed by atoms with Crippen LogP contribution in [0.25, 0.3) is 0 Å². The summed E-state index contributed by atoms with van der Waals surface area (Å²) in [5, 5.41) is 0. The van der Waals surface area contributed by atoms with Crippen molar-refractivity contribution in [1.82, 2.24) is 0 Å². The van der Waals surface area contributed by atoms with Gasteiger partial charge in [-0.3, -0.25) is 0 Å². The largest absolute Gasteiger partial charge is 0.496 e. The highest BCUT2D eigenvalue weighted by Gasteiger charge is 2.19. The Morgan fingerprint density at radius 2 is 1.62 bits per heavy atom. The lowest BCUT2D eigenvalue weighted by atomic mass is 10.1. The normalized spacial score (nSPS) is 12.1. The van der Waals surface area contributed by atoms with E-state index in [0.717, 1.165) is 0 Å². The van der Waals surface area contributed by atoms with Gasteiger partial charge in [0.15, 0.2) is 0 Å². The first-order valence-corrected chi connectivity index (χ1v) is 4.79. The fraction of sp³-hybridized carbons (Fsp3) is 0.455. The number of alkyl halides is 1. The van der Waals surface area contributed by atoms with Gasteiger partial charge in [-0.15, -0.1) is 0 Å². The third-order valence-corrected chi connectivity index (χ3v) is 2.29. The van der Waals surface area contributed by atoms with Gasteiger partial charge in [0.05, 0.1) is 32.9 Å². The molecule has 1 aromatic rings. The maximum atomic E-state index is 12.6. The lowest BCUT2D eigenvalue weighted by molar-refractivity contribution is 0.352. The molecule has 1 aromatic carbocycles. The van der Waals surface area contributed by atoms with E-state index in [1.165, 1.54) is 21.3 Å². The topological polar surface area (TPSA) is 53.7 Å². The van der Waals surface area contributed by atoms with E-state index in [1.54, 1.807) is 12.1 Å². The van der Waals surface area contributed by atoms with Crippen molar-refractivity contribution in [2.75, 3.05) is 28.0 Å². The van der Waals surface area contributed by atoms with Crippen LogP contribution in [0.5, 0.6) is 17.2 Å². The van der Waals surface area contributed by atoms with Gasteiger partial charge in [0.2, 0.25) is 0 Å². The SMILES string of the molecule is COc1cc(OC)c([C@H](N)CF)c(OC)c1. The van der Waals surface area contributed by atoms with Crippen molar-refractivity contribution in [3.63, 3.8) is 0 Å². The monoisotopic (exact) mass is 229 g/mol. The smallest absolute Gasteiger partial charge is 0.131 e. The summed E-state index contributed by atoms with van der Waals surface area (Å²) in [6.45, 7) is -0.681. The van der Waals surface area contributed by atoms with Gasteiger partial charge < -0.3 is 19.9 Å². The standard InChI is InChI=1S/C11H16FNO3/c1-14-7-4-9(15-2)11(8(13)6-12)10(5-7)16-3/h4-5,8H,6,13H2,1-3H3/t8-/m1/s1. The molecule has 0 saturated carbocycles. The molecule has 0 aliphatic rings. The molecule has 0 aromatic heterocycles. The summed E-state index contributed by atoms with van der Waals surface area (Å²) in [6, 6.07) is 2.52. The quantitative estimate of drug-likeness (QED) is 0.834. The Kier molecular flexibility index (Phi) is 4.37. The molecule has 0 aliphatic heterocycles. The summed E-state index contributed by atoms with van der Waals surface area (Å²) >= 11 is 0. The summed E-state index contributed by atoms with van der Waals surface area (Å²) < 4.78 is 28.0. The number of benzene rings is 1. The van der Waals surface area contributed by atoms with Crippen LogP contribution in [0, 0.1) is 0 Å². The van der Waals surface area contributed by atoms with Crippen molar-refractivity contribution in [1.29, 1.82) is 0 Å². The van der Waals surface area contributed by atoms with Gasteiger partial charge in [0, 0.05) is 12.1 Å². The molecule has 0 fully saturated rings. The van der Waals surface area contributed by atoms with Gasteiger partial charge in [-0.05, 0) is 0 Å². The Labute approximate surface area is 94.1 Å². The molecule has 1 atom stereocenters. The zero-order valence-corrected chi connectivity index (χ0v) is 9.62. The van der Waals surface area contributed by atoms with Gasteiger partial charge in [0.1, 0.15) is 23.9 Å². The number of nitrogens with two attached hydrogens (primary N) is 1. The lowest BCUT2D eigenvalue weighted by Gasteiger charge is -2.17. The minimum Gasteiger partial charge on any atom is -0.496 e. The van der Waals surface area contributed by atoms with Gasteiger partial charge in [0.25, 0.3) is 0 Å². The average Bonchev–Trinajstić information content (AvgIpc) is 2.35. The Bertz CT molecular complexity index is 332. The molecule has 0 heterocycles. The van der Waals surface area contributed by atoms with E-state index in [1.807, 2.05) is 0 Å². The maximum Gasteiger partial charge on any atom is 0.131 e. The van der Waals surface area contributed by atoms with E-state index in [9.17, 15) is 4.39 Å². The molecular formula is C11H16FNO3. The zero-order chi connectivity index (χ0) is 12.1. The van der Waals surface area contributed by atoms with Gasteiger partial charge in [-0.2, -0.15) is 0 Å². The lowest BCUT2D eigenvalue weighted by Crippen LogP contribution is -2.15. The van der Waals surface area contributed by atoms with Crippen molar-refractivity contribution in [2.45, 2.75) is 6.04 Å². The number of rotatable bonds is 5. The first-order valence-electron chi connectivity index (χ1n) is 4.79. The molecule has 0 bridgehead atoms. The predicted octanol–water partition coefficient (Wildman–Crippen LogP) is 1.68. The molecule has 2 N–H and O–H groups in total. The van der Waals surface area contributed by atoms with Crippen LogP contribution in [-0.2, 0) is 0 Å². The number of methoxy groups -OCH3 is 3. The molecule has 16 heavy (non-hydrogen) atoms. The molecule has 90 valence electrons. The van der Waals surface area contributed by atoms with Crippen LogP contribution in [0.4, 0.5) is 4.39 Å². The maximum absolute atomic E-state index is 12.6. The third kappa shape index (κ3) is 2.36. The second kappa shape index (κ2) is 5.55. The van der Waals surface area contributed by atoms with E-state index in [2.05, 4.69) is 0 Å². The molecule has 1 rings (SSSR count). The van der Waals surface area contributed by atoms with Crippen LogP contribution in [0.1, 0.15) is 11.6 Å². The molecule has 0 unspecified atom stereocenters. The van der Waals surface area contributed by atoms with Crippen molar-refractivity contribution >= 4 is 0 Å². The summed E-state index contributed by atoms with van der Waals surface area (Å²) in [4.78, 5) is 0. The molecular weight excluding hydrogens is 213 g/mol. The average molecular weight is 229 g/mol. The highest BCUT2D eigenvalue weighted by atomic mass is 19.1. The van der Waals surface area contributed by atoms with Crippen LogP contribution in [0.3, 0.4) is 0 Å². The van der Waals surface area contributed by atoms with Crippen molar-refractivity contribution in [3.8, 4) is 17.2 Å². The van der Waals surface area contributed by atoms with Crippen LogP contribution in [0.2, 0.25) is 0 Å². The summed E-state index contributed by atoms with van der Waals surface area (Å²) in [5.74, 6) is 1.49. The van der Waals surface area contributed by atoms with E-state index in [-0.39, 0.29) is 0 Å². The fourth-order valence-corrected chi connectivity index (χ4v) is 1.48. The fourth-order valence-electron chi connectivity index (χ4n) is 1.48. The number of halogens is 1. The van der Waals surface area contributed by atoms with Crippen molar-refractivity contribution in [2.24, 2.45) is 5.73 Å². The minimum atomic E-state index is -0.768. The minimum absolute atomic E-state index is 0.460. The summed E-state index contributed by atoms with van der Waals surface area (Å²) in [7, 11) is 4.51. The van der Waals surface area contributed by atoms with Gasteiger partial charge in [-0.1, -0.05) is 0 Å². The Morgan fingerprint density at radius 3 is 1.94 bits per heavy atom. The molecule has 4 nitrogen and oxygen atoms in total. The van der Waals surface area contributed by atoms with Crippen LogP contribution >= 0.6 is 0 Å². The van der Waals surface area contributed by atoms with E-state index < -0.39 is 12.7 Å². The van der Waals surface area contributed by atoms with E-state index >= 15 is 0 Å². The molecule has 0 amide bonds. The summed E-state index contributed by atoms with van der Waals surface area (Å²) in [6.07, 6.45) is 0. The van der Waals surface area contributed by atoms with Crippen LogP contribution in [0.15, 0.2) is 12.1 Å². The number of hydrogen-bond acceptors (Lipinski definition) is 4. The Balaban J connectivity index is 3.31. The molecule has 5 heteroatoms. The Hall–Kier alpha value is -1.49. The van der Waals surface area contributed by atoms with E-state index in [0.29, 0.717) is 22.8 Å². The predicted molar refractivity (Wildman–Crippen MR) is 59.0 cm³/mol. The Morgan fingerprint density at radius 1 is 1.12 bits per heavy atom. The molecule has 0 saturated heterocycles. The van der Waals surface area contributed by atoms with Crippen molar-refractivity contribution in [3.05, 3.63) is 17.7 Å². The first kappa shape index (κ1) is 12.6. The van der Waals surface area contributed by atoms with Gasteiger partial charge >= 0.3 is 0 Å². The molecule has 0 spiro atoms. The third-order valence-electron chi connectivity index (χ3n) is 2.29. The summed E-state index contributed by atoms with van der Waals surface area (Å²) in [5.41, 5.74) is 6.17. The van der Waals surface area contributed by atoms with Gasteiger partial charge in [-0.25, -0.2) is 4.39 Å². The van der Waals surface area contributed by atoms with Crippen molar-refractivity contribution < 1.29 is 18.6 Å². The molecule has 0 aliphatic carbocycles.